The second kappa shape index (κ2) is 10.9. The lowest BCUT2D eigenvalue weighted by Gasteiger charge is -2.13. The molecule has 0 bridgehead atoms. The van der Waals surface area contributed by atoms with Gasteiger partial charge in [-0.15, -0.1) is 0 Å². The van der Waals surface area contributed by atoms with Crippen molar-refractivity contribution in [3.63, 3.8) is 0 Å². The lowest BCUT2D eigenvalue weighted by Crippen LogP contribution is -2.12. The van der Waals surface area contributed by atoms with Crippen molar-refractivity contribution >= 4 is 11.6 Å². The van der Waals surface area contributed by atoms with Crippen LogP contribution < -0.4 is 19.5 Å². The van der Waals surface area contributed by atoms with Gasteiger partial charge >= 0.3 is 0 Å². The number of rotatable bonds is 10. The highest BCUT2D eigenvalue weighted by atomic mass is 16.5. The van der Waals surface area contributed by atoms with E-state index < -0.39 is 0 Å². The Morgan fingerprint density at radius 3 is 2.27 bits per heavy atom. The molecule has 0 heterocycles. The van der Waals surface area contributed by atoms with E-state index in [4.69, 9.17) is 14.2 Å². The van der Waals surface area contributed by atoms with Gasteiger partial charge in [-0.05, 0) is 67.9 Å². The summed E-state index contributed by atoms with van der Waals surface area (Å²) in [5, 5.41) is 2.90. The van der Waals surface area contributed by atoms with Crippen LogP contribution in [0, 0.1) is 0 Å². The topological polar surface area (TPSA) is 56.8 Å². The van der Waals surface area contributed by atoms with Gasteiger partial charge in [0.2, 0.25) is 0 Å². The van der Waals surface area contributed by atoms with Crippen LogP contribution in [0.25, 0.3) is 0 Å². The first-order valence-corrected chi connectivity index (χ1v) is 10.2. The lowest BCUT2D eigenvalue weighted by atomic mass is 10.1. The molecular weight excluding hydrogens is 378 g/mol. The Kier molecular flexibility index (Phi) is 7.72. The highest BCUT2D eigenvalue weighted by molar-refractivity contribution is 6.04. The van der Waals surface area contributed by atoms with E-state index in [1.807, 2.05) is 61.5 Å². The van der Waals surface area contributed by atoms with Gasteiger partial charge in [0.25, 0.3) is 5.91 Å². The number of hydrogen-bond donors (Lipinski definition) is 1. The summed E-state index contributed by atoms with van der Waals surface area (Å²) in [4.78, 5) is 12.7. The predicted octanol–water partition coefficient (Wildman–Crippen LogP) is 6.31. The predicted molar refractivity (Wildman–Crippen MR) is 119 cm³/mol. The Balaban J connectivity index is 1.65. The molecule has 0 aromatic heterocycles. The SMILES string of the molecule is CCCCOc1ccc(C(=O)Nc2ccc(Oc3ccccc3)cc2)cc1OCC. The molecule has 156 valence electrons. The normalized spacial score (nSPS) is 10.3. The number of carbonyl (C=O) groups excluding carboxylic acids is 1. The van der Waals surface area contributed by atoms with Crippen molar-refractivity contribution in [2.75, 3.05) is 18.5 Å². The lowest BCUT2D eigenvalue weighted by molar-refractivity contribution is 0.102. The first kappa shape index (κ1) is 21.2. The highest BCUT2D eigenvalue weighted by Gasteiger charge is 2.12. The van der Waals surface area contributed by atoms with Crippen LogP contribution in [0.4, 0.5) is 5.69 Å². The minimum Gasteiger partial charge on any atom is -0.490 e. The fourth-order valence-corrected chi connectivity index (χ4v) is 2.80. The molecular formula is C25H27NO4. The molecule has 1 amide bonds. The van der Waals surface area contributed by atoms with Gasteiger partial charge in [0, 0.05) is 11.3 Å². The fourth-order valence-electron chi connectivity index (χ4n) is 2.80. The van der Waals surface area contributed by atoms with Crippen LogP contribution in [-0.4, -0.2) is 19.1 Å². The van der Waals surface area contributed by atoms with Crippen molar-refractivity contribution in [3.05, 3.63) is 78.4 Å². The van der Waals surface area contributed by atoms with Gasteiger partial charge < -0.3 is 19.5 Å². The van der Waals surface area contributed by atoms with Gasteiger partial charge in [0.15, 0.2) is 11.5 Å². The molecule has 0 radical (unpaired) electrons. The number of anilines is 1. The molecule has 0 spiro atoms. The summed E-state index contributed by atoms with van der Waals surface area (Å²) in [7, 11) is 0. The zero-order chi connectivity index (χ0) is 21.2. The Labute approximate surface area is 177 Å². The molecule has 0 fully saturated rings. The summed E-state index contributed by atoms with van der Waals surface area (Å²) in [5.41, 5.74) is 1.19. The summed E-state index contributed by atoms with van der Waals surface area (Å²) in [6.07, 6.45) is 2.03. The maximum atomic E-state index is 12.7. The number of carbonyl (C=O) groups is 1. The largest absolute Gasteiger partial charge is 0.490 e. The van der Waals surface area contributed by atoms with Crippen LogP contribution in [-0.2, 0) is 0 Å². The molecule has 3 rings (SSSR count). The van der Waals surface area contributed by atoms with E-state index in [1.165, 1.54) is 0 Å². The Bertz CT molecular complexity index is 939. The average Bonchev–Trinajstić information content (AvgIpc) is 2.77. The van der Waals surface area contributed by atoms with Crippen molar-refractivity contribution in [3.8, 4) is 23.0 Å². The second-order valence-electron chi connectivity index (χ2n) is 6.69. The maximum absolute atomic E-state index is 12.7. The molecule has 0 saturated heterocycles. The van der Waals surface area contributed by atoms with Gasteiger partial charge in [-0.1, -0.05) is 31.5 Å². The minimum atomic E-state index is -0.215. The van der Waals surface area contributed by atoms with E-state index in [9.17, 15) is 4.79 Å². The smallest absolute Gasteiger partial charge is 0.255 e. The van der Waals surface area contributed by atoms with Crippen LogP contribution in [0.3, 0.4) is 0 Å². The van der Waals surface area contributed by atoms with Gasteiger partial charge in [0.05, 0.1) is 13.2 Å². The first-order chi connectivity index (χ1) is 14.7. The molecule has 5 nitrogen and oxygen atoms in total. The van der Waals surface area contributed by atoms with Crippen LogP contribution >= 0.6 is 0 Å². The van der Waals surface area contributed by atoms with Gasteiger partial charge in [-0.2, -0.15) is 0 Å². The van der Waals surface area contributed by atoms with E-state index in [2.05, 4.69) is 12.2 Å². The molecule has 0 unspecified atom stereocenters. The molecule has 3 aromatic rings. The van der Waals surface area contributed by atoms with E-state index in [0.29, 0.717) is 41.7 Å². The van der Waals surface area contributed by atoms with E-state index >= 15 is 0 Å². The molecule has 0 atom stereocenters. The zero-order valence-corrected chi connectivity index (χ0v) is 17.4. The standard InChI is InChI=1S/C25H27NO4/c1-3-5-17-29-23-16-11-19(18-24(23)28-4-2)25(27)26-20-12-14-22(15-13-20)30-21-9-7-6-8-10-21/h6-16,18H,3-5,17H2,1-2H3,(H,26,27). The van der Waals surface area contributed by atoms with Crippen molar-refractivity contribution in [1.29, 1.82) is 0 Å². The van der Waals surface area contributed by atoms with E-state index in [-0.39, 0.29) is 5.91 Å². The van der Waals surface area contributed by atoms with Crippen LogP contribution in [0.15, 0.2) is 72.8 Å². The third kappa shape index (κ3) is 6.01. The molecule has 0 aliphatic heterocycles. The molecule has 30 heavy (non-hydrogen) atoms. The summed E-state index contributed by atoms with van der Waals surface area (Å²) in [6.45, 7) is 5.14. The first-order valence-electron chi connectivity index (χ1n) is 10.2. The van der Waals surface area contributed by atoms with Crippen LogP contribution in [0.1, 0.15) is 37.0 Å². The third-order valence-electron chi connectivity index (χ3n) is 4.35. The third-order valence-corrected chi connectivity index (χ3v) is 4.35. The molecule has 0 saturated carbocycles. The van der Waals surface area contributed by atoms with Gasteiger partial charge in [0.1, 0.15) is 11.5 Å². The Morgan fingerprint density at radius 1 is 0.833 bits per heavy atom. The molecule has 3 aromatic carbocycles. The number of hydrogen-bond acceptors (Lipinski definition) is 4. The average molecular weight is 405 g/mol. The maximum Gasteiger partial charge on any atom is 0.255 e. The number of unbranched alkanes of at least 4 members (excludes halogenated alkanes) is 1. The zero-order valence-electron chi connectivity index (χ0n) is 17.4. The van der Waals surface area contributed by atoms with Gasteiger partial charge in [-0.25, -0.2) is 0 Å². The second-order valence-corrected chi connectivity index (χ2v) is 6.69. The van der Waals surface area contributed by atoms with Gasteiger partial charge in [-0.3, -0.25) is 4.79 Å². The number of nitrogens with one attached hydrogen (secondary N) is 1. The summed E-state index contributed by atoms with van der Waals surface area (Å²) in [5.74, 6) is 2.48. The number of para-hydroxylation sites is 1. The fraction of sp³-hybridized carbons (Fsp3) is 0.240. The number of ether oxygens (including phenoxy) is 3. The Hall–Kier alpha value is -3.47. The highest BCUT2D eigenvalue weighted by Crippen LogP contribution is 2.29. The molecule has 1 N–H and O–H groups in total. The van der Waals surface area contributed by atoms with Crippen molar-refractivity contribution in [2.45, 2.75) is 26.7 Å². The molecule has 0 aliphatic carbocycles. The van der Waals surface area contributed by atoms with Crippen molar-refractivity contribution in [2.24, 2.45) is 0 Å². The summed E-state index contributed by atoms with van der Waals surface area (Å²) in [6, 6.07) is 22.0. The summed E-state index contributed by atoms with van der Waals surface area (Å²) < 4.78 is 17.2. The van der Waals surface area contributed by atoms with E-state index in [1.54, 1.807) is 18.2 Å². The number of amides is 1. The summed E-state index contributed by atoms with van der Waals surface area (Å²) >= 11 is 0. The van der Waals surface area contributed by atoms with Crippen LogP contribution in [0.5, 0.6) is 23.0 Å². The number of benzene rings is 3. The van der Waals surface area contributed by atoms with E-state index in [0.717, 1.165) is 18.6 Å². The quantitative estimate of drug-likeness (QED) is 0.402. The van der Waals surface area contributed by atoms with Crippen molar-refractivity contribution < 1.29 is 19.0 Å². The minimum absolute atomic E-state index is 0.215. The van der Waals surface area contributed by atoms with Crippen LogP contribution in [0.2, 0.25) is 0 Å². The Morgan fingerprint density at radius 2 is 1.57 bits per heavy atom. The molecule has 0 aliphatic rings. The monoisotopic (exact) mass is 405 g/mol. The van der Waals surface area contributed by atoms with Crippen molar-refractivity contribution in [1.82, 2.24) is 0 Å². The molecule has 5 heteroatoms.